The molecule has 1 aromatic carbocycles. The van der Waals surface area contributed by atoms with Gasteiger partial charge in [-0.1, -0.05) is 30.3 Å². The van der Waals surface area contributed by atoms with E-state index in [-0.39, 0.29) is 11.4 Å². The molecule has 4 rings (SSSR count). The molecule has 1 heterocycles. The van der Waals surface area contributed by atoms with Crippen LogP contribution in [-0.4, -0.2) is 15.7 Å². The van der Waals surface area contributed by atoms with E-state index in [4.69, 9.17) is 5.10 Å². The molecule has 0 radical (unpaired) electrons. The van der Waals surface area contributed by atoms with Gasteiger partial charge in [0.15, 0.2) is 5.69 Å². The topological polar surface area (TPSA) is 46.9 Å². The summed E-state index contributed by atoms with van der Waals surface area (Å²) in [4.78, 5) is 13.1. The van der Waals surface area contributed by atoms with Crippen molar-refractivity contribution in [1.82, 2.24) is 15.1 Å². The summed E-state index contributed by atoms with van der Waals surface area (Å²) in [6.07, 6.45) is 2.26. The van der Waals surface area contributed by atoms with Crippen molar-refractivity contribution in [3.63, 3.8) is 0 Å². The zero-order chi connectivity index (χ0) is 18.0. The first-order valence-electron chi connectivity index (χ1n) is 9.19. The predicted molar refractivity (Wildman–Crippen MR) is 98.7 cm³/mol. The Morgan fingerprint density at radius 2 is 1.84 bits per heavy atom. The lowest BCUT2D eigenvalue weighted by atomic mass is 9.94. The minimum absolute atomic E-state index is 0.0607. The minimum Gasteiger partial charge on any atom is -0.342 e. The summed E-state index contributed by atoms with van der Waals surface area (Å²) < 4.78 is 2.10. The van der Waals surface area contributed by atoms with Crippen LogP contribution in [0, 0.1) is 5.92 Å². The quantitative estimate of drug-likeness (QED) is 0.921. The van der Waals surface area contributed by atoms with Gasteiger partial charge >= 0.3 is 0 Å². The first-order valence-corrected chi connectivity index (χ1v) is 9.19. The number of nitrogens with one attached hydrogen (secondary N) is 1. The van der Waals surface area contributed by atoms with Gasteiger partial charge in [-0.3, -0.25) is 9.48 Å². The zero-order valence-corrected chi connectivity index (χ0v) is 15.8. The molecule has 0 saturated heterocycles. The van der Waals surface area contributed by atoms with Crippen LogP contribution in [0.25, 0.3) is 0 Å². The molecule has 2 aromatic rings. The molecule has 0 spiro atoms. The summed E-state index contributed by atoms with van der Waals surface area (Å²) in [5, 5.41) is 7.96. The van der Waals surface area contributed by atoms with Gasteiger partial charge < -0.3 is 5.32 Å². The average molecular weight is 337 g/mol. The summed E-state index contributed by atoms with van der Waals surface area (Å²) in [6, 6.07) is 10.1. The van der Waals surface area contributed by atoms with E-state index in [9.17, 15) is 4.79 Å². The summed E-state index contributed by atoms with van der Waals surface area (Å²) in [7, 11) is 0. The summed E-state index contributed by atoms with van der Waals surface area (Å²) in [5.41, 5.74) is 3.67. The van der Waals surface area contributed by atoms with E-state index in [1.54, 1.807) is 0 Å². The fourth-order valence-electron chi connectivity index (χ4n) is 4.08. The van der Waals surface area contributed by atoms with Crippen molar-refractivity contribution in [2.75, 3.05) is 0 Å². The molecule has 132 valence electrons. The van der Waals surface area contributed by atoms with Gasteiger partial charge in [-0.05, 0) is 58.9 Å². The standard InChI is InChI=1S/C21H27N3O/c1-20(2,3)24-18-15-11-13(15)12-16(18)17(23-24)19(25)22-21(4,5)14-9-7-6-8-10-14/h6-10,13,15H,11-12H2,1-5H3,(H,22,25)/t13-,15-/m1/s1. The second-order valence-corrected chi connectivity index (χ2v) is 9.05. The van der Waals surface area contributed by atoms with Crippen LogP contribution in [0.1, 0.15) is 74.3 Å². The number of aromatic nitrogens is 2. The Kier molecular flexibility index (Phi) is 3.40. The number of carbonyl (C=O) groups excluding carboxylic acids is 1. The number of rotatable bonds is 3. The van der Waals surface area contributed by atoms with Crippen molar-refractivity contribution in [3.8, 4) is 0 Å². The maximum absolute atomic E-state index is 13.1. The van der Waals surface area contributed by atoms with Crippen molar-refractivity contribution in [3.05, 3.63) is 52.8 Å². The lowest BCUT2D eigenvalue weighted by Crippen LogP contribution is -2.41. The van der Waals surface area contributed by atoms with Gasteiger partial charge in [-0.2, -0.15) is 5.10 Å². The molecule has 0 aliphatic heterocycles. The molecule has 4 nitrogen and oxygen atoms in total. The molecule has 0 unspecified atom stereocenters. The van der Waals surface area contributed by atoms with Gasteiger partial charge in [0.05, 0.1) is 11.1 Å². The van der Waals surface area contributed by atoms with Crippen molar-refractivity contribution < 1.29 is 4.79 Å². The van der Waals surface area contributed by atoms with Gasteiger partial charge in [0.25, 0.3) is 5.91 Å². The van der Waals surface area contributed by atoms with Crippen LogP contribution in [0.2, 0.25) is 0 Å². The number of benzene rings is 1. The van der Waals surface area contributed by atoms with Gasteiger partial charge in [0, 0.05) is 17.2 Å². The van der Waals surface area contributed by atoms with Gasteiger partial charge in [-0.25, -0.2) is 0 Å². The van der Waals surface area contributed by atoms with Gasteiger partial charge in [-0.15, -0.1) is 0 Å². The molecule has 1 saturated carbocycles. The summed E-state index contributed by atoms with van der Waals surface area (Å²) in [6.45, 7) is 10.6. The van der Waals surface area contributed by atoms with Crippen molar-refractivity contribution in [2.45, 2.75) is 64.5 Å². The number of carbonyl (C=O) groups is 1. The molecule has 2 atom stereocenters. The molecule has 1 N–H and O–H groups in total. The van der Waals surface area contributed by atoms with Crippen LogP contribution in [-0.2, 0) is 17.5 Å². The Bertz CT molecular complexity index is 827. The minimum atomic E-state index is -0.432. The highest BCUT2D eigenvalue weighted by atomic mass is 16.2. The monoisotopic (exact) mass is 337 g/mol. The number of hydrogen-bond donors (Lipinski definition) is 1. The lowest BCUT2D eigenvalue weighted by Gasteiger charge is -2.26. The molecular formula is C21H27N3O. The second kappa shape index (κ2) is 5.20. The predicted octanol–water partition coefficient (Wildman–Crippen LogP) is 3.96. The van der Waals surface area contributed by atoms with E-state index < -0.39 is 5.54 Å². The highest BCUT2D eigenvalue weighted by Crippen LogP contribution is 2.57. The summed E-state index contributed by atoms with van der Waals surface area (Å²) in [5.74, 6) is 1.29. The number of nitrogens with zero attached hydrogens (tertiary/aromatic N) is 2. The van der Waals surface area contributed by atoms with Crippen LogP contribution >= 0.6 is 0 Å². The van der Waals surface area contributed by atoms with E-state index in [1.165, 1.54) is 17.7 Å². The highest BCUT2D eigenvalue weighted by Gasteiger charge is 2.51. The Morgan fingerprint density at radius 1 is 1.16 bits per heavy atom. The molecule has 2 aliphatic carbocycles. The third-order valence-corrected chi connectivity index (χ3v) is 5.54. The average Bonchev–Trinajstić information content (AvgIpc) is 3.02. The van der Waals surface area contributed by atoms with E-state index in [2.05, 4.69) is 30.8 Å². The fraction of sp³-hybridized carbons (Fsp3) is 0.524. The Morgan fingerprint density at radius 3 is 2.48 bits per heavy atom. The summed E-state index contributed by atoms with van der Waals surface area (Å²) >= 11 is 0. The van der Waals surface area contributed by atoms with Crippen LogP contribution in [0.4, 0.5) is 0 Å². The number of amides is 1. The van der Waals surface area contributed by atoms with Gasteiger partial charge in [0.2, 0.25) is 0 Å². The smallest absolute Gasteiger partial charge is 0.272 e. The molecule has 2 aliphatic rings. The normalized spacial score (nSPS) is 21.6. The van der Waals surface area contributed by atoms with Crippen LogP contribution in [0.15, 0.2) is 30.3 Å². The highest BCUT2D eigenvalue weighted by molar-refractivity contribution is 5.95. The van der Waals surface area contributed by atoms with E-state index in [1.807, 2.05) is 44.2 Å². The third kappa shape index (κ3) is 2.68. The van der Waals surface area contributed by atoms with Crippen molar-refractivity contribution in [1.29, 1.82) is 0 Å². The molecular weight excluding hydrogens is 310 g/mol. The van der Waals surface area contributed by atoms with E-state index in [0.29, 0.717) is 11.6 Å². The zero-order valence-electron chi connectivity index (χ0n) is 15.8. The molecule has 0 bridgehead atoms. The Balaban J connectivity index is 1.67. The SMILES string of the molecule is CC(C)(NC(=O)c1nn(C(C)(C)C)c2c1C[C@H]1C[C@@H]21)c1ccccc1. The Labute approximate surface area is 149 Å². The largest absolute Gasteiger partial charge is 0.342 e. The molecule has 25 heavy (non-hydrogen) atoms. The molecule has 4 heteroatoms. The van der Waals surface area contributed by atoms with Crippen LogP contribution in [0.5, 0.6) is 0 Å². The van der Waals surface area contributed by atoms with Crippen molar-refractivity contribution >= 4 is 5.91 Å². The molecule has 1 aromatic heterocycles. The van der Waals surface area contributed by atoms with Crippen molar-refractivity contribution in [2.24, 2.45) is 5.92 Å². The first kappa shape index (κ1) is 16.4. The van der Waals surface area contributed by atoms with E-state index >= 15 is 0 Å². The number of fused-ring (bicyclic) bond motifs is 3. The maximum Gasteiger partial charge on any atom is 0.272 e. The number of hydrogen-bond acceptors (Lipinski definition) is 2. The second-order valence-electron chi connectivity index (χ2n) is 9.05. The van der Waals surface area contributed by atoms with E-state index in [0.717, 1.165) is 17.9 Å². The van der Waals surface area contributed by atoms with Gasteiger partial charge in [0.1, 0.15) is 0 Å². The first-order chi connectivity index (χ1) is 11.7. The molecule has 1 amide bonds. The fourth-order valence-corrected chi connectivity index (χ4v) is 4.08. The van der Waals surface area contributed by atoms with Crippen LogP contribution < -0.4 is 5.32 Å². The lowest BCUT2D eigenvalue weighted by molar-refractivity contribution is 0.0904. The third-order valence-electron chi connectivity index (χ3n) is 5.54. The maximum atomic E-state index is 13.1. The molecule has 1 fully saturated rings. The van der Waals surface area contributed by atoms with Crippen LogP contribution in [0.3, 0.4) is 0 Å². The Hall–Kier alpha value is -2.10.